The number of hydrogen-bond donors (Lipinski definition) is 4. The van der Waals surface area contributed by atoms with Gasteiger partial charge in [0.25, 0.3) is 5.91 Å². The fourth-order valence-corrected chi connectivity index (χ4v) is 3.43. The number of nitrogens with zero attached hydrogens (tertiary/aromatic N) is 3. The molecule has 0 unspecified atom stereocenters. The van der Waals surface area contributed by atoms with Crippen LogP contribution in [0.1, 0.15) is 5.69 Å². The number of carbonyl (C=O) groups is 1. The Hall–Kier alpha value is -3.82. The van der Waals surface area contributed by atoms with Crippen LogP contribution in [-0.4, -0.2) is 27.5 Å². The van der Waals surface area contributed by atoms with Crippen molar-refractivity contribution in [1.82, 2.24) is 20.4 Å². The van der Waals surface area contributed by atoms with Crippen molar-refractivity contribution >= 4 is 63.0 Å². The molecule has 2 aromatic heterocycles. The number of nitrogens with two attached hydrogens (primary N) is 1. The minimum atomic E-state index is -0.470. The lowest BCUT2D eigenvalue weighted by Gasteiger charge is -2.14. The van der Waals surface area contributed by atoms with Crippen molar-refractivity contribution in [2.75, 3.05) is 23.1 Å². The van der Waals surface area contributed by atoms with Gasteiger partial charge in [-0.15, -0.1) is 0 Å². The highest BCUT2D eigenvalue weighted by atomic mass is 35.5. The second-order valence-electron chi connectivity index (χ2n) is 6.98. The summed E-state index contributed by atoms with van der Waals surface area (Å²) in [6, 6.07) is 14.4. The Balaban J connectivity index is 1.42. The number of anilines is 4. The van der Waals surface area contributed by atoms with Crippen molar-refractivity contribution in [2.45, 2.75) is 6.92 Å². The highest BCUT2D eigenvalue weighted by molar-refractivity contribution is 6.35. The monoisotopic (exact) mass is 483 g/mol. The summed E-state index contributed by atoms with van der Waals surface area (Å²) in [7, 11) is 0. The lowest BCUT2D eigenvalue weighted by atomic mass is 10.1. The lowest BCUT2D eigenvalue weighted by Crippen LogP contribution is -2.34. The van der Waals surface area contributed by atoms with E-state index in [0.29, 0.717) is 21.6 Å². The van der Waals surface area contributed by atoms with Gasteiger partial charge in [-0.25, -0.2) is 9.97 Å². The van der Waals surface area contributed by atoms with Crippen molar-refractivity contribution in [3.63, 3.8) is 0 Å². The van der Waals surface area contributed by atoms with Gasteiger partial charge in [0.05, 0.1) is 16.2 Å². The first-order chi connectivity index (χ1) is 15.9. The Morgan fingerprint density at radius 2 is 1.91 bits per heavy atom. The Labute approximate surface area is 199 Å². The number of ether oxygens (including phenoxy) is 1. The summed E-state index contributed by atoms with van der Waals surface area (Å²) >= 11 is 11.9. The van der Waals surface area contributed by atoms with E-state index in [2.05, 4.69) is 31.1 Å². The molecule has 4 rings (SSSR count). The fourth-order valence-electron chi connectivity index (χ4n) is 2.97. The molecule has 11 heteroatoms. The average molecular weight is 484 g/mol. The average Bonchev–Trinajstić information content (AvgIpc) is 2.79. The number of aryl methyl sites for hydroxylation is 1. The number of pyridine rings is 1. The predicted molar refractivity (Wildman–Crippen MR) is 130 cm³/mol. The minimum Gasteiger partial charge on any atom is -0.482 e. The van der Waals surface area contributed by atoms with Gasteiger partial charge >= 0.3 is 0 Å². The molecule has 0 fully saturated rings. The molecule has 0 saturated carbocycles. The van der Waals surface area contributed by atoms with Gasteiger partial charge in [0.1, 0.15) is 17.8 Å². The molecule has 1 amide bonds. The number of hydrogen-bond acceptors (Lipinski definition) is 8. The van der Waals surface area contributed by atoms with Gasteiger partial charge in [-0.1, -0.05) is 41.4 Å². The summed E-state index contributed by atoms with van der Waals surface area (Å²) in [5, 5.41) is 4.93. The van der Waals surface area contributed by atoms with Gasteiger partial charge in [0, 0.05) is 16.1 Å². The van der Waals surface area contributed by atoms with Crippen LogP contribution in [0.25, 0.3) is 10.9 Å². The molecule has 0 bridgehead atoms. The van der Waals surface area contributed by atoms with Crippen LogP contribution in [0.3, 0.4) is 0 Å². The second-order valence-corrected chi connectivity index (χ2v) is 7.82. The third kappa shape index (κ3) is 5.33. The SMILES string of the molecule is Cc1ccc2cccc(Nc3ncnc(NNC(=O)COc4ccc(Cl)cc4Cl)c3N)c2n1. The normalized spacial score (nSPS) is 10.6. The summed E-state index contributed by atoms with van der Waals surface area (Å²) < 4.78 is 5.40. The predicted octanol–water partition coefficient (Wildman–Crippen LogP) is 4.49. The molecule has 5 N–H and O–H groups in total. The van der Waals surface area contributed by atoms with Gasteiger partial charge in [0.15, 0.2) is 18.2 Å². The van der Waals surface area contributed by atoms with E-state index in [1.807, 2.05) is 37.3 Å². The highest BCUT2D eigenvalue weighted by Crippen LogP contribution is 2.29. The fraction of sp³-hybridized carbons (Fsp3) is 0.0909. The first kappa shape index (κ1) is 22.4. The zero-order valence-electron chi connectivity index (χ0n) is 17.4. The van der Waals surface area contributed by atoms with Crippen LogP contribution in [-0.2, 0) is 4.79 Å². The Morgan fingerprint density at radius 1 is 1.09 bits per heavy atom. The van der Waals surface area contributed by atoms with E-state index in [4.69, 9.17) is 33.7 Å². The number of amides is 1. The Kier molecular flexibility index (Phi) is 6.62. The molecule has 0 spiro atoms. The molecule has 0 saturated heterocycles. The number of nitrogens with one attached hydrogen (secondary N) is 3. The molecule has 0 aliphatic carbocycles. The van der Waals surface area contributed by atoms with Crippen molar-refractivity contribution in [3.05, 3.63) is 70.6 Å². The van der Waals surface area contributed by atoms with Crippen molar-refractivity contribution in [3.8, 4) is 5.75 Å². The van der Waals surface area contributed by atoms with Crippen LogP contribution < -0.4 is 26.6 Å². The van der Waals surface area contributed by atoms with Crippen molar-refractivity contribution < 1.29 is 9.53 Å². The maximum atomic E-state index is 12.2. The van der Waals surface area contributed by atoms with Crippen molar-refractivity contribution in [1.29, 1.82) is 0 Å². The van der Waals surface area contributed by atoms with Gasteiger partial charge in [-0.05, 0) is 37.3 Å². The number of para-hydroxylation sites is 1. The van der Waals surface area contributed by atoms with E-state index < -0.39 is 5.91 Å². The standard InChI is InChI=1S/C22H19Cl2N7O2/c1-12-5-6-13-3-2-4-16(20(13)28-12)29-21-19(25)22(27-11-26-21)31-30-18(32)10-33-17-8-7-14(23)9-15(17)24/h2-9,11H,10,25H2,1H3,(H,30,32)(H2,26,27,29,31). The molecular formula is C22H19Cl2N7O2. The number of fused-ring (bicyclic) bond motifs is 1. The topological polar surface area (TPSA) is 127 Å². The molecule has 168 valence electrons. The number of rotatable bonds is 7. The van der Waals surface area contributed by atoms with E-state index in [9.17, 15) is 4.79 Å². The quantitative estimate of drug-likeness (QED) is 0.283. The maximum absolute atomic E-state index is 12.2. The molecule has 9 nitrogen and oxygen atoms in total. The molecule has 4 aromatic rings. The number of benzene rings is 2. The number of hydrazine groups is 1. The zero-order valence-corrected chi connectivity index (χ0v) is 18.9. The second kappa shape index (κ2) is 9.76. The van der Waals surface area contributed by atoms with Crippen molar-refractivity contribution in [2.24, 2.45) is 0 Å². The third-order valence-corrected chi connectivity index (χ3v) is 5.10. The molecule has 2 heterocycles. The van der Waals surface area contributed by atoms with E-state index in [-0.39, 0.29) is 18.1 Å². The van der Waals surface area contributed by atoms with E-state index in [1.54, 1.807) is 12.1 Å². The summed E-state index contributed by atoms with van der Waals surface area (Å²) in [5.74, 6) is 0.446. The minimum absolute atomic E-state index is 0.212. The highest BCUT2D eigenvalue weighted by Gasteiger charge is 2.12. The zero-order chi connectivity index (χ0) is 23.4. The molecule has 2 aromatic carbocycles. The number of aromatic nitrogens is 3. The van der Waals surface area contributed by atoms with E-state index >= 15 is 0 Å². The first-order valence-electron chi connectivity index (χ1n) is 9.77. The molecule has 0 aliphatic heterocycles. The van der Waals surface area contributed by atoms with Crippen LogP contribution >= 0.6 is 23.2 Å². The van der Waals surface area contributed by atoms with E-state index in [1.165, 1.54) is 12.4 Å². The summed E-state index contributed by atoms with van der Waals surface area (Å²) in [5.41, 5.74) is 14.0. The summed E-state index contributed by atoms with van der Waals surface area (Å²) in [4.78, 5) is 25.0. The van der Waals surface area contributed by atoms with E-state index in [0.717, 1.165) is 22.3 Å². The van der Waals surface area contributed by atoms with Crippen LogP contribution in [0, 0.1) is 6.92 Å². The Morgan fingerprint density at radius 3 is 2.73 bits per heavy atom. The van der Waals surface area contributed by atoms with Gasteiger partial charge < -0.3 is 15.8 Å². The number of nitrogen functional groups attached to an aromatic ring is 1. The van der Waals surface area contributed by atoms with Crippen LogP contribution in [0.15, 0.2) is 54.9 Å². The maximum Gasteiger partial charge on any atom is 0.276 e. The van der Waals surface area contributed by atoms with Crippen LogP contribution in [0.5, 0.6) is 5.75 Å². The molecule has 0 atom stereocenters. The van der Waals surface area contributed by atoms with Gasteiger partial charge in [-0.2, -0.15) is 0 Å². The molecule has 0 radical (unpaired) electrons. The van der Waals surface area contributed by atoms with Crippen LogP contribution in [0.2, 0.25) is 10.0 Å². The Bertz CT molecular complexity index is 1330. The summed E-state index contributed by atoms with van der Waals surface area (Å²) in [6.07, 6.45) is 1.32. The largest absolute Gasteiger partial charge is 0.482 e. The summed E-state index contributed by atoms with van der Waals surface area (Å²) in [6.45, 7) is 1.63. The smallest absolute Gasteiger partial charge is 0.276 e. The number of halogens is 2. The first-order valence-corrected chi connectivity index (χ1v) is 10.5. The lowest BCUT2D eigenvalue weighted by molar-refractivity contribution is -0.122. The molecule has 33 heavy (non-hydrogen) atoms. The van der Waals surface area contributed by atoms with Gasteiger partial charge in [-0.3, -0.25) is 20.6 Å². The molecular weight excluding hydrogens is 465 g/mol. The van der Waals surface area contributed by atoms with Crippen LogP contribution in [0.4, 0.5) is 23.0 Å². The third-order valence-electron chi connectivity index (χ3n) is 4.57. The van der Waals surface area contributed by atoms with Gasteiger partial charge in [0.2, 0.25) is 0 Å². The number of carbonyl (C=O) groups excluding carboxylic acids is 1. The molecule has 0 aliphatic rings.